The number of hydrogen-bond donors (Lipinski definition) is 5. The van der Waals surface area contributed by atoms with Gasteiger partial charge in [-0.25, -0.2) is 9.78 Å². The van der Waals surface area contributed by atoms with Crippen molar-refractivity contribution >= 4 is 81.1 Å². The Balaban J connectivity index is 1.43. The summed E-state index contributed by atoms with van der Waals surface area (Å²) in [5, 5.41) is 34.1. The molecule has 7 N–H and O–H groups in total. The van der Waals surface area contributed by atoms with E-state index in [2.05, 4.69) is 25.7 Å². The van der Waals surface area contributed by atoms with Gasteiger partial charge < -0.3 is 26.7 Å². The van der Waals surface area contributed by atoms with Crippen molar-refractivity contribution in [3.63, 3.8) is 0 Å². The largest absolute Gasteiger partial charge is 0.477 e. The van der Waals surface area contributed by atoms with E-state index in [1.54, 1.807) is 12.1 Å². The number of rotatable bonds is 11. The van der Waals surface area contributed by atoms with Crippen LogP contribution in [0.2, 0.25) is 0 Å². The summed E-state index contributed by atoms with van der Waals surface area (Å²) in [7, 11) is 1.27. The summed E-state index contributed by atoms with van der Waals surface area (Å²) in [6.07, 6.45) is 0. The fourth-order valence-electron chi connectivity index (χ4n) is 3.47. The van der Waals surface area contributed by atoms with Crippen molar-refractivity contribution in [1.82, 2.24) is 25.4 Å². The number of oxime groups is 1. The number of nitrogens with one attached hydrogen (secondary N) is 2. The number of thiazole rings is 1. The van der Waals surface area contributed by atoms with E-state index in [-0.39, 0.29) is 33.8 Å². The van der Waals surface area contributed by atoms with Crippen molar-refractivity contribution in [2.24, 2.45) is 10.9 Å². The molecule has 0 aromatic carbocycles. The number of carboxylic acids is 1. The summed E-state index contributed by atoms with van der Waals surface area (Å²) >= 11 is 5.04. The number of amides is 2. The predicted molar refractivity (Wildman–Crippen MR) is 145 cm³/mol. The lowest BCUT2D eigenvalue weighted by Gasteiger charge is -2.49. The first-order chi connectivity index (χ1) is 18.2. The summed E-state index contributed by atoms with van der Waals surface area (Å²) in [5.41, 5.74) is 11.5. The van der Waals surface area contributed by atoms with E-state index in [9.17, 15) is 19.5 Å². The highest BCUT2D eigenvalue weighted by Crippen LogP contribution is 2.41. The predicted octanol–water partition coefficient (Wildman–Crippen LogP) is 0.425. The lowest BCUT2D eigenvalue weighted by molar-refractivity contribution is -0.150. The Labute approximate surface area is 232 Å². The van der Waals surface area contributed by atoms with Gasteiger partial charge in [0.1, 0.15) is 45.8 Å². The number of nitrogens with two attached hydrogens (primary N) is 2. The fraction of sp³-hybridized carbons (Fsp3) is 0.300. The van der Waals surface area contributed by atoms with Crippen LogP contribution < -0.4 is 16.8 Å². The Kier molecular flexibility index (Phi) is 8.75. The van der Waals surface area contributed by atoms with Gasteiger partial charge in [-0.2, -0.15) is 0 Å². The SMILES string of the molecule is CON=C(C(=O)N[C@@H]1C(=O)N2C(C(=O)O)=C(CSc3ccc(SCC(=N)N)nn3)CS[C@@H]12)c1csc(N)n1. The Morgan fingerprint density at radius 2 is 2.05 bits per heavy atom. The maximum atomic E-state index is 13.0. The molecule has 4 heterocycles. The van der Waals surface area contributed by atoms with Crippen molar-refractivity contribution in [3.8, 4) is 0 Å². The Morgan fingerprint density at radius 1 is 1.34 bits per heavy atom. The van der Waals surface area contributed by atoms with E-state index in [1.165, 1.54) is 52.7 Å². The number of nitrogens with zero attached hydrogens (tertiary/aromatic N) is 5. The smallest absolute Gasteiger partial charge is 0.352 e. The summed E-state index contributed by atoms with van der Waals surface area (Å²) < 4.78 is 0. The number of anilines is 1. The third kappa shape index (κ3) is 6.03. The molecule has 2 aliphatic heterocycles. The number of thioether (sulfide) groups is 3. The average Bonchev–Trinajstić information content (AvgIpc) is 3.33. The molecule has 0 saturated carbocycles. The number of carboxylic acid groups (broad SMARTS) is 1. The van der Waals surface area contributed by atoms with Crippen LogP contribution >= 0.6 is 46.6 Å². The first-order valence-electron chi connectivity index (χ1n) is 10.6. The first-order valence-corrected chi connectivity index (χ1v) is 14.5. The zero-order valence-corrected chi connectivity index (χ0v) is 22.9. The molecule has 2 aliphatic rings. The number of amidine groups is 1. The van der Waals surface area contributed by atoms with Gasteiger partial charge in [0.15, 0.2) is 10.8 Å². The lowest BCUT2D eigenvalue weighted by Crippen LogP contribution is -2.71. The molecule has 2 aromatic heterocycles. The molecule has 0 radical (unpaired) electrons. The number of carbonyl (C=O) groups is 3. The lowest BCUT2D eigenvalue weighted by atomic mass is 10.0. The van der Waals surface area contributed by atoms with Crippen LogP contribution in [0.3, 0.4) is 0 Å². The molecule has 14 nitrogen and oxygen atoms in total. The third-order valence-corrected chi connectivity index (χ3v) is 9.07. The molecule has 38 heavy (non-hydrogen) atoms. The molecule has 0 spiro atoms. The van der Waals surface area contributed by atoms with Gasteiger partial charge in [-0.3, -0.25) is 19.9 Å². The highest BCUT2D eigenvalue weighted by Gasteiger charge is 2.54. The van der Waals surface area contributed by atoms with Crippen molar-refractivity contribution in [2.45, 2.75) is 21.5 Å². The molecule has 2 amide bonds. The minimum atomic E-state index is -1.23. The van der Waals surface area contributed by atoms with Crippen molar-refractivity contribution in [3.05, 3.63) is 34.5 Å². The van der Waals surface area contributed by atoms with E-state index in [0.717, 1.165) is 11.3 Å². The van der Waals surface area contributed by atoms with Crippen LogP contribution in [0.15, 0.2) is 44.0 Å². The molecule has 1 fully saturated rings. The van der Waals surface area contributed by atoms with Gasteiger partial charge >= 0.3 is 5.97 Å². The zero-order chi connectivity index (χ0) is 27.4. The zero-order valence-electron chi connectivity index (χ0n) is 19.6. The van der Waals surface area contributed by atoms with Crippen LogP contribution in [0.25, 0.3) is 0 Å². The summed E-state index contributed by atoms with van der Waals surface area (Å²) in [5.74, 6) is -1.50. The van der Waals surface area contributed by atoms with Crippen LogP contribution in [0.5, 0.6) is 0 Å². The van der Waals surface area contributed by atoms with Crippen molar-refractivity contribution in [2.75, 3.05) is 30.1 Å². The summed E-state index contributed by atoms with van der Waals surface area (Å²) in [6.45, 7) is 0. The molecule has 0 bridgehead atoms. The molecule has 200 valence electrons. The van der Waals surface area contributed by atoms with Crippen LogP contribution in [0.4, 0.5) is 5.13 Å². The number of aliphatic carboxylic acids is 1. The normalized spacial score (nSPS) is 19.0. The second kappa shape index (κ2) is 12.0. The van der Waals surface area contributed by atoms with Gasteiger partial charge in [0.25, 0.3) is 11.8 Å². The fourth-order valence-corrected chi connectivity index (χ4v) is 6.88. The number of carbonyl (C=O) groups excluding carboxylic acids is 2. The number of β-lactam (4-membered cyclic amide) rings is 1. The van der Waals surface area contributed by atoms with E-state index in [1.807, 2.05) is 0 Å². The number of aromatic nitrogens is 3. The molecule has 18 heteroatoms. The quantitative estimate of drug-likeness (QED) is 0.0782. The van der Waals surface area contributed by atoms with Gasteiger partial charge in [-0.15, -0.1) is 45.1 Å². The highest BCUT2D eigenvalue weighted by atomic mass is 32.2. The van der Waals surface area contributed by atoms with E-state index in [4.69, 9.17) is 21.7 Å². The second-order valence-electron chi connectivity index (χ2n) is 7.62. The highest BCUT2D eigenvalue weighted by molar-refractivity contribution is 8.01. The van der Waals surface area contributed by atoms with E-state index >= 15 is 0 Å². The Hall–Kier alpha value is -3.35. The molecular weight excluding hydrogens is 575 g/mol. The van der Waals surface area contributed by atoms with Gasteiger partial charge in [-0.1, -0.05) is 16.9 Å². The van der Waals surface area contributed by atoms with E-state index < -0.39 is 29.2 Å². The topological polar surface area (TPSA) is 223 Å². The minimum absolute atomic E-state index is 0.0343. The average molecular weight is 596 g/mol. The molecule has 0 aliphatic carbocycles. The number of hydrogen-bond acceptors (Lipinski definition) is 14. The van der Waals surface area contributed by atoms with Crippen LogP contribution in [0, 0.1) is 5.41 Å². The molecular formula is C20H21N9O5S4. The molecule has 0 unspecified atom stereocenters. The Morgan fingerprint density at radius 3 is 2.63 bits per heavy atom. The minimum Gasteiger partial charge on any atom is -0.477 e. The van der Waals surface area contributed by atoms with Gasteiger partial charge in [-0.05, 0) is 17.7 Å². The van der Waals surface area contributed by atoms with Crippen LogP contribution in [0.1, 0.15) is 5.69 Å². The van der Waals surface area contributed by atoms with Gasteiger partial charge in [0, 0.05) is 16.9 Å². The monoisotopic (exact) mass is 595 g/mol. The maximum absolute atomic E-state index is 13.0. The second-order valence-corrected chi connectivity index (χ2v) is 11.6. The number of nitrogen functional groups attached to an aromatic ring is 1. The van der Waals surface area contributed by atoms with Crippen molar-refractivity contribution < 1.29 is 24.3 Å². The first kappa shape index (κ1) is 27.7. The van der Waals surface area contributed by atoms with Crippen LogP contribution in [-0.4, -0.2) is 90.3 Å². The van der Waals surface area contributed by atoms with Gasteiger partial charge in [0.05, 0.1) is 5.75 Å². The maximum Gasteiger partial charge on any atom is 0.352 e. The van der Waals surface area contributed by atoms with Crippen molar-refractivity contribution in [1.29, 1.82) is 5.41 Å². The summed E-state index contributed by atoms with van der Waals surface area (Å²) in [6, 6.07) is 2.55. The number of fused-ring (bicyclic) bond motifs is 1. The molecule has 1 saturated heterocycles. The van der Waals surface area contributed by atoms with Gasteiger partial charge in [0.2, 0.25) is 0 Å². The standard InChI is InChI=1S/C20H21N9O5S4/c1-34-28-13(9-6-38-20(23)24-9)16(30)25-14-17(31)29-15(19(32)33)8(5-37-18(14)29)4-35-11-2-3-12(27-26-11)36-7-10(21)22/h2-3,6,14,18H,4-5,7H2,1H3,(H3,21,22)(H2,23,24)(H,25,30)(H,32,33)/t14-,18+/m1/s1. The molecule has 2 atom stereocenters. The van der Waals surface area contributed by atoms with Crippen LogP contribution in [-0.2, 0) is 19.2 Å². The molecule has 4 rings (SSSR count). The summed E-state index contributed by atoms with van der Waals surface area (Å²) in [4.78, 5) is 47.9. The van der Waals surface area contributed by atoms with E-state index in [0.29, 0.717) is 27.1 Å². The third-order valence-electron chi connectivity index (χ3n) is 5.08. The Bertz CT molecular complexity index is 1330. The molecule has 2 aromatic rings.